The molecule has 0 heterocycles. The average Bonchev–Trinajstić information content (AvgIpc) is 1.82. The highest BCUT2D eigenvalue weighted by atomic mass is 35.5. The van der Waals surface area contributed by atoms with Crippen molar-refractivity contribution in [2.75, 3.05) is 7.05 Å². The third kappa shape index (κ3) is 4.28. The predicted octanol–water partition coefficient (Wildman–Crippen LogP) is 1.90. The second kappa shape index (κ2) is 4.62. The molecule has 54 valence electrons. The molecule has 0 N–H and O–H groups in total. The van der Waals surface area contributed by atoms with E-state index in [4.69, 9.17) is 11.6 Å². The molecule has 0 aromatic carbocycles. The topological polar surface area (TPSA) is 15.6 Å². The van der Waals surface area contributed by atoms with Crippen molar-refractivity contribution in [3.05, 3.63) is 0 Å². The molecule has 0 aromatic heterocycles. The van der Waals surface area contributed by atoms with Gasteiger partial charge in [-0.15, -0.1) is 0 Å². The molecule has 0 saturated heterocycles. The van der Waals surface area contributed by atoms with Crippen LogP contribution >= 0.6 is 11.6 Å². The molecular weight excluding hydrogens is 136 g/mol. The SMILES string of the molecule is CCC=NN(C)C(C)Cl. The van der Waals surface area contributed by atoms with Crippen LogP contribution in [0.3, 0.4) is 0 Å². The number of hydrogen-bond acceptors (Lipinski definition) is 2. The van der Waals surface area contributed by atoms with Crippen LogP contribution in [0.25, 0.3) is 0 Å². The van der Waals surface area contributed by atoms with Gasteiger partial charge in [-0.2, -0.15) is 5.10 Å². The van der Waals surface area contributed by atoms with E-state index in [2.05, 4.69) is 5.10 Å². The third-order valence-corrected chi connectivity index (χ3v) is 1.24. The van der Waals surface area contributed by atoms with Gasteiger partial charge in [0, 0.05) is 13.3 Å². The zero-order valence-electron chi connectivity index (χ0n) is 6.13. The van der Waals surface area contributed by atoms with E-state index < -0.39 is 0 Å². The maximum Gasteiger partial charge on any atom is 0.117 e. The van der Waals surface area contributed by atoms with E-state index in [1.165, 1.54) is 0 Å². The number of hydrogen-bond donors (Lipinski definition) is 0. The Labute approximate surface area is 61.5 Å². The zero-order chi connectivity index (χ0) is 7.28. The molecule has 0 amide bonds. The van der Waals surface area contributed by atoms with Crippen LogP contribution in [0.4, 0.5) is 0 Å². The summed E-state index contributed by atoms with van der Waals surface area (Å²) in [5.41, 5.74) is -0.0206. The Balaban J connectivity index is 3.48. The first-order valence-corrected chi connectivity index (χ1v) is 3.51. The highest BCUT2D eigenvalue weighted by Gasteiger charge is 1.97. The normalized spacial score (nSPS) is 14.2. The van der Waals surface area contributed by atoms with E-state index in [0.29, 0.717) is 0 Å². The van der Waals surface area contributed by atoms with Crippen LogP contribution < -0.4 is 0 Å². The minimum absolute atomic E-state index is 0.0206. The molecule has 0 rings (SSSR count). The van der Waals surface area contributed by atoms with Crippen molar-refractivity contribution >= 4 is 17.8 Å². The lowest BCUT2D eigenvalue weighted by atomic mass is 10.5. The fourth-order valence-corrected chi connectivity index (χ4v) is 0.353. The third-order valence-electron chi connectivity index (χ3n) is 0.961. The van der Waals surface area contributed by atoms with Gasteiger partial charge in [0.05, 0.1) is 0 Å². The van der Waals surface area contributed by atoms with Gasteiger partial charge in [-0.1, -0.05) is 18.5 Å². The summed E-state index contributed by atoms with van der Waals surface area (Å²) < 4.78 is 0. The summed E-state index contributed by atoms with van der Waals surface area (Å²) in [6.07, 6.45) is 2.78. The molecule has 0 aliphatic heterocycles. The molecule has 0 aromatic rings. The van der Waals surface area contributed by atoms with E-state index in [0.717, 1.165) is 6.42 Å². The van der Waals surface area contributed by atoms with Crippen LogP contribution in [0.5, 0.6) is 0 Å². The highest BCUT2D eigenvalue weighted by molar-refractivity contribution is 6.20. The molecule has 0 aliphatic rings. The number of halogens is 1. The molecule has 0 aliphatic carbocycles. The van der Waals surface area contributed by atoms with E-state index >= 15 is 0 Å². The standard InChI is InChI=1S/C6H13ClN2/c1-4-5-8-9(3)6(2)7/h5-6H,4H2,1-3H3. The molecule has 0 bridgehead atoms. The minimum atomic E-state index is -0.0206. The van der Waals surface area contributed by atoms with Gasteiger partial charge in [0.15, 0.2) is 0 Å². The first-order valence-electron chi connectivity index (χ1n) is 3.07. The Morgan fingerprint density at radius 3 is 2.67 bits per heavy atom. The summed E-state index contributed by atoms with van der Waals surface area (Å²) in [6, 6.07) is 0. The summed E-state index contributed by atoms with van der Waals surface area (Å²) in [5.74, 6) is 0. The Kier molecular flexibility index (Phi) is 4.50. The van der Waals surface area contributed by atoms with E-state index in [1.54, 1.807) is 5.01 Å². The molecule has 1 unspecified atom stereocenters. The lowest BCUT2D eigenvalue weighted by Gasteiger charge is -2.14. The molecule has 3 heteroatoms. The van der Waals surface area contributed by atoms with Crippen molar-refractivity contribution in [3.63, 3.8) is 0 Å². The molecule has 0 radical (unpaired) electrons. The lowest BCUT2D eigenvalue weighted by molar-refractivity contribution is 0.343. The Morgan fingerprint density at radius 1 is 1.78 bits per heavy atom. The van der Waals surface area contributed by atoms with Crippen LogP contribution in [0.2, 0.25) is 0 Å². The van der Waals surface area contributed by atoms with E-state index in [9.17, 15) is 0 Å². The van der Waals surface area contributed by atoms with Crippen molar-refractivity contribution in [2.45, 2.75) is 25.8 Å². The van der Waals surface area contributed by atoms with Crippen LogP contribution in [-0.4, -0.2) is 23.8 Å². The Morgan fingerprint density at radius 2 is 2.33 bits per heavy atom. The molecular formula is C6H13ClN2. The fourth-order valence-electron chi connectivity index (χ4n) is 0.302. The maximum absolute atomic E-state index is 5.68. The minimum Gasteiger partial charge on any atom is -0.283 e. The number of nitrogens with zero attached hydrogens (tertiary/aromatic N) is 2. The second-order valence-corrected chi connectivity index (χ2v) is 2.49. The first kappa shape index (κ1) is 8.76. The van der Waals surface area contributed by atoms with Gasteiger partial charge in [0.25, 0.3) is 0 Å². The summed E-state index contributed by atoms with van der Waals surface area (Å²) in [4.78, 5) is 0. The van der Waals surface area contributed by atoms with Gasteiger partial charge < -0.3 is 0 Å². The van der Waals surface area contributed by atoms with Crippen molar-refractivity contribution in [2.24, 2.45) is 5.10 Å². The van der Waals surface area contributed by atoms with Crippen LogP contribution in [-0.2, 0) is 0 Å². The van der Waals surface area contributed by atoms with Crippen molar-refractivity contribution < 1.29 is 0 Å². The molecule has 0 fully saturated rings. The summed E-state index contributed by atoms with van der Waals surface area (Å²) in [6.45, 7) is 3.92. The van der Waals surface area contributed by atoms with Crippen LogP contribution in [0.15, 0.2) is 5.10 Å². The zero-order valence-corrected chi connectivity index (χ0v) is 6.89. The second-order valence-electron chi connectivity index (χ2n) is 1.85. The van der Waals surface area contributed by atoms with Crippen LogP contribution in [0, 0.1) is 0 Å². The number of hydrazone groups is 1. The van der Waals surface area contributed by atoms with E-state index in [1.807, 2.05) is 27.1 Å². The predicted molar refractivity (Wildman–Crippen MR) is 41.9 cm³/mol. The quantitative estimate of drug-likeness (QED) is 0.258. The van der Waals surface area contributed by atoms with E-state index in [-0.39, 0.29) is 5.50 Å². The summed E-state index contributed by atoms with van der Waals surface area (Å²) in [5, 5.41) is 5.73. The molecule has 0 spiro atoms. The first-order chi connectivity index (χ1) is 4.18. The number of alkyl halides is 1. The molecule has 0 saturated carbocycles. The van der Waals surface area contributed by atoms with Gasteiger partial charge in [0.1, 0.15) is 5.50 Å². The van der Waals surface area contributed by atoms with Gasteiger partial charge in [-0.05, 0) is 13.3 Å². The highest BCUT2D eigenvalue weighted by Crippen LogP contribution is 1.98. The molecule has 2 nitrogen and oxygen atoms in total. The summed E-state index contributed by atoms with van der Waals surface area (Å²) in [7, 11) is 1.85. The van der Waals surface area contributed by atoms with Gasteiger partial charge in [0.2, 0.25) is 0 Å². The van der Waals surface area contributed by atoms with Crippen molar-refractivity contribution in [3.8, 4) is 0 Å². The van der Waals surface area contributed by atoms with Gasteiger partial charge in [-0.25, -0.2) is 0 Å². The maximum atomic E-state index is 5.68. The number of rotatable bonds is 3. The Hall–Kier alpha value is -0.240. The lowest BCUT2D eigenvalue weighted by Crippen LogP contribution is -2.17. The monoisotopic (exact) mass is 148 g/mol. The molecule has 1 atom stereocenters. The van der Waals surface area contributed by atoms with Crippen LogP contribution in [0.1, 0.15) is 20.3 Å². The molecule has 9 heavy (non-hydrogen) atoms. The van der Waals surface area contributed by atoms with Gasteiger partial charge >= 0.3 is 0 Å². The van der Waals surface area contributed by atoms with Gasteiger partial charge in [-0.3, -0.25) is 5.01 Å². The van der Waals surface area contributed by atoms with Crippen molar-refractivity contribution in [1.82, 2.24) is 5.01 Å². The average molecular weight is 149 g/mol. The Bertz CT molecular complexity index is 91.1. The smallest absolute Gasteiger partial charge is 0.117 e. The summed E-state index contributed by atoms with van der Waals surface area (Å²) >= 11 is 5.68. The fraction of sp³-hybridized carbons (Fsp3) is 0.833. The largest absolute Gasteiger partial charge is 0.283 e. The van der Waals surface area contributed by atoms with Crippen molar-refractivity contribution in [1.29, 1.82) is 0 Å².